The number of methoxy groups -OCH3 is 1. The van der Waals surface area contributed by atoms with Gasteiger partial charge in [-0.05, 0) is 37.1 Å². The summed E-state index contributed by atoms with van der Waals surface area (Å²) in [7, 11) is 3.41. The highest BCUT2D eigenvalue weighted by Gasteiger charge is 2.05. The maximum absolute atomic E-state index is 12.0. The maximum Gasteiger partial charge on any atom is 0.251 e. The van der Waals surface area contributed by atoms with E-state index in [1.807, 2.05) is 30.3 Å². The van der Waals surface area contributed by atoms with Crippen molar-refractivity contribution in [2.75, 3.05) is 33.8 Å². The molecule has 0 saturated heterocycles. The number of nitrogens with one attached hydrogen (secondary N) is 3. The van der Waals surface area contributed by atoms with Crippen molar-refractivity contribution in [3.8, 4) is 5.75 Å². The summed E-state index contributed by atoms with van der Waals surface area (Å²) in [4.78, 5) is 16.2. The van der Waals surface area contributed by atoms with Crippen molar-refractivity contribution in [1.29, 1.82) is 0 Å². The Hall–Kier alpha value is -3.02. The van der Waals surface area contributed by atoms with E-state index in [0.717, 1.165) is 24.3 Å². The first-order valence-corrected chi connectivity index (χ1v) is 9.05. The highest BCUT2D eigenvalue weighted by Crippen LogP contribution is 2.19. The van der Waals surface area contributed by atoms with Gasteiger partial charge in [0.15, 0.2) is 5.96 Å². The van der Waals surface area contributed by atoms with Gasteiger partial charge in [0.25, 0.3) is 5.91 Å². The van der Waals surface area contributed by atoms with E-state index in [1.54, 1.807) is 26.3 Å². The number of rotatable bonds is 8. The van der Waals surface area contributed by atoms with Crippen molar-refractivity contribution in [2.45, 2.75) is 13.3 Å². The number of amides is 1. The summed E-state index contributed by atoms with van der Waals surface area (Å²) >= 11 is 0. The summed E-state index contributed by atoms with van der Waals surface area (Å²) in [6, 6.07) is 15.3. The van der Waals surface area contributed by atoms with Gasteiger partial charge in [0.05, 0.1) is 7.11 Å². The van der Waals surface area contributed by atoms with Crippen LogP contribution in [0.1, 0.15) is 21.5 Å². The highest BCUT2D eigenvalue weighted by molar-refractivity contribution is 5.94. The molecule has 27 heavy (non-hydrogen) atoms. The lowest BCUT2D eigenvalue weighted by Crippen LogP contribution is -2.42. The van der Waals surface area contributed by atoms with E-state index in [2.05, 4.69) is 33.9 Å². The number of carbonyl (C=O) groups excluding carboxylic acids is 1. The molecule has 0 spiro atoms. The topological polar surface area (TPSA) is 74.8 Å². The zero-order valence-corrected chi connectivity index (χ0v) is 16.2. The van der Waals surface area contributed by atoms with Crippen molar-refractivity contribution >= 4 is 11.9 Å². The van der Waals surface area contributed by atoms with Gasteiger partial charge in [0, 0.05) is 32.2 Å². The first kappa shape index (κ1) is 20.3. The van der Waals surface area contributed by atoms with Crippen LogP contribution in [0.3, 0.4) is 0 Å². The molecule has 0 unspecified atom stereocenters. The number of hydrogen-bond acceptors (Lipinski definition) is 3. The Balaban J connectivity index is 1.70. The Morgan fingerprint density at radius 2 is 1.70 bits per heavy atom. The maximum atomic E-state index is 12.0. The number of carbonyl (C=O) groups is 1. The first-order valence-electron chi connectivity index (χ1n) is 9.05. The van der Waals surface area contributed by atoms with E-state index >= 15 is 0 Å². The third kappa shape index (κ3) is 6.66. The molecule has 0 saturated carbocycles. The molecule has 144 valence electrons. The highest BCUT2D eigenvalue weighted by atomic mass is 16.5. The minimum atomic E-state index is -0.0770. The average molecular weight is 368 g/mol. The van der Waals surface area contributed by atoms with Gasteiger partial charge < -0.3 is 20.7 Å². The molecule has 0 bridgehead atoms. The van der Waals surface area contributed by atoms with Crippen LogP contribution in [0.4, 0.5) is 0 Å². The zero-order valence-electron chi connectivity index (χ0n) is 16.2. The summed E-state index contributed by atoms with van der Waals surface area (Å²) in [5.74, 6) is 1.52. The van der Waals surface area contributed by atoms with Crippen LogP contribution in [0.2, 0.25) is 0 Å². The molecule has 0 fully saturated rings. The van der Waals surface area contributed by atoms with Crippen molar-refractivity contribution in [3.63, 3.8) is 0 Å². The average Bonchev–Trinajstić information content (AvgIpc) is 2.70. The number of aliphatic imine (C=N–C) groups is 1. The van der Waals surface area contributed by atoms with Gasteiger partial charge in [-0.1, -0.05) is 35.9 Å². The minimum absolute atomic E-state index is 0.0770. The summed E-state index contributed by atoms with van der Waals surface area (Å²) in [5, 5.41) is 9.36. The van der Waals surface area contributed by atoms with E-state index in [1.165, 1.54) is 5.56 Å². The third-order valence-corrected chi connectivity index (χ3v) is 4.09. The number of nitrogens with zero attached hydrogens (tertiary/aromatic N) is 1. The van der Waals surface area contributed by atoms with E-state index in [4.69, 9.17) is 4.74 Å². The smallest absolute Gasteiger partial charge is 0.251 e. The number of guanidine groups is 1. The Morgan fingerprint density at radius 1 is 1.00 bits per heavy atom. The largest absolute Gasteiger partial charge is 0.496 e. The number of aryl methyl sites for hydroxylation is 1. The number of hydrogen-bond donors (Lipinski definition) is 3. The molecular weight excluding hydrogens is 340 g/mol. The van der Waals surface area contributed by atoms with E-state index in [-0.39, 0.29) is 5.91 Å². The van der Waals surface area contributed by atoms with Gasteiger partial charge in [-0.2, -0.15) is 0 Å². The molecule has 3 N–H and O–H groups in total. The van der Waals surface area contributed by atoms with Crippen LogP contribution in [-0.2, 0) is 6.42 Å². The third-order valence-electron chi connectivity index (χ3n) is 4.09. The zero-order chi connectivity index (χ0) is 19.5. The van der Waals surface area contributed by atoms with Crippen LogP contribution in [0.15, 0.2) is 53.5 Å². The Kier molecular flexibility index (Phi) is 8.16. The molecule has 0 aliphatic heterocycles. The van der Waals surface area contributed by atoms with E-state index in [0.29, 0.717) is 24.6 Å². The van der Waals surface area contributed by atoms with Gasteiger partial charge in [0.2, 0.25) is 0 Å². The van der Waals surface area contributed by atoms with Gasteiger partial charge in [0.1, 0.15) is 5.75 Å². The molecule has 0 radical (unpaired) electrons. The summed E-state index contributed by atoms with van der Waals surface area (Å²) in [6.07, 6.45) is 0.830. The molecule has 6 nitrogen and oxygen atoms in total. The fraction of sp³-hybridized carbons (Fsp3) is 0.333. The lowest BCUT2D eigenvalue weighted by atomic mass is 10.1. The molecule has 0 atom stereocenters. The van der Waals surface area contributed by atoms with Gasteiger partial charge >= 0.3 is 0 Å². The first-order chi connectivity index (χ1) is 13.1. The standard InChI is InChI=1S/C21H28N4O2/c1-16-9-10-19(27-3)18(15-16)11-12-24-21(22-2)25-14-13-23-20(26)17-7-5-4-6-8-17/h4-10,15H,11-14H2,1-3H3,(H,23,26)(H2,22,24,25). The van der Waals surface area contributed by atoms with E-state index in [9.17, 15) is 4.79 Å². The second kappa shape index (κ2) is 10.9. The summed E-state index contributed by atoms with van der Waals surface area (Å²) in [5.41, 5.74) is 3.03. The minimum Gasteiger partial charge on any atom is -0.496 e. The Bertz CT molecular complexity index is 760. The fourth-order valence-corrected chi connectivity index (χ4v) is 2.69. The molecule has 0 aliphatic rings. The summed E-state index contributed by atoms with van der Waals surface area (Å²) in [6.45, 7) is 3.91. The normalized spacial score (nSPS) is 11.0. The van der Waals surface area contributed by atoms with Crippen molar-refractivity contribution < 1.29 is 9.53 Å². The van der Waals surface area contributed by atoms with Gasteiger partial charge in [-0.3, -0.25) is 9.79 Å². The molecule has 0 aromatic heterocycles. The van der Waals surface area contributed by atoms with Crippen molar-refractivity contribution in [3.05, 3.63) is 65.2 Å². The van der Waals surface area contributed by atoms with E-state index < -0.39 is 0 Å². The number of ether oxygens (including phenoxy) is 1. The Labute approximate surface area is 161 Å². The molecule has 2 aromatic carbocycles. The molecular formula is C21H28N4O2. The van der Waals surface area contributed by atoms with Crippen LogP contribution < -0.4 is 20.7 Å². The predicted octanol–water partition coefficient (Wildman–Crippen LogP) is 2.14. The molecule has 2 aromatic rings. The van der Waals surface area contributed by atoms with Crippen LogP contribution in [0.5, 0.6) is 5.75 Å². The van der Waals surface area contributed by atoms with Crippen molar-refractivity contribution in [1.82, 2.24) is 16.0 Å². The lowest BCUT2D eigenvalue weighted by molar-refractivity contribution is 0.0954. The fourth-order valence-electron chi connectivity index (χ4n) is 2.69. The predicted molar refractivity (Wildman–Crippen MR) is 110 cm³/mol. The Morgan fingerprint density at radius 3 is 2.41 bits per heavy atom. The molecule has 0 heterocycles. The second-order valence-electron chi connectivity index (χ2n) is 6.11. The van der Waals surface area contributed by atoms with Crippen LogP contribution in [-0.4, -0.2) is 45.7 Å². The quantitative estimate of drug-likeness (QED) is 0.379. The van der Waals surface area contributed by atoms with Crippen molar-refractivity contribution in [2.24, 2.45) is 4.99 Å². The van der Waals surface area contributed by atoms with Crippen LogP contribution in [0.25, 0.3) is 0 Å². The van der Waals surface area contributed by atoms with Crippen LogP contribution >= 0.6 is 0 Å². The number of benzene rings is 2. The molecule has 0 aliphatic carbocycles. The van der Waals surface area contributed by atoms with Crippen LogP contribution in [0, 0.1) is 6.92 Å². The lowest BCUT2D eigenvalue weighted by Gasteiger charge is -2.14. The molecule has 2 rings (SSSR count). The van der Waals surface area contributed by atoms with Gasteiger partial charge in [-0.25, -0.2) is 0 Å². The van der Waals surface area contributed by atoms with Gasteiger partial charge in [-0.15, -0.1) is 0 Å². The summed E-state index contributed by atoms with van der Waals surface area (Å²) < 4.78 is 5.41. The SMILES string of the molecule is CN=C(NCCNC(=O)c1ccccc1)NCCc1cc(C)ccc1OC. The monoisotopic (exact) mass is 368 g/mol. The molecule has 1 amide bonds. The second-order valence-corrected chi connectivity index (χ2v) is 6.11. The molecule has 6 heteroatoms.